The SMILES string of the molecule is CCOCCOCc1cccc(NC(=O)N2CC(CC)N(CC(C)(C)O)CC2CC)c1. The van der Waals surface area contributed by atoms with Crippen LogP contribution < -0.4 is 5.32 Å². The van der Waals surface area contributed by atoms with Gasteiger partial charge in [-0.3, -0.25) is 4.90 Å². The number of nitrogens with zero attached hydrogens (tertiary/aromatic N) is 2. The van der Waals surface area contributed by atoms with Crippen molar-refractivity contribution in [2.24, 2.45) is 0 Å². The second-order valence-corrected chi connectivity index (χ2v) is 8.90. The molecule has 1 saturated heterocycles. The fourth-order valence-electron chi connectivity index (χ4n) is 4.07. The van der Waals surface area contributed by atoms with Gasteiger partial charge in [0.25, 0.3) is 0 Å². The number of anilines is 1. The lowest BCUT2D eigenvalue weighted by atomic mass is 10.00. The van der Waals surface area contributed by atoms with E-state index in [-0.39, 0.29) is 18.1 Å². The number of β-amino-alcohol motifs (C(OH)–C–C–N with tert-alkyl or cyclic N) is 1. The molecule has 176 valence electrons. The Bertz CT molecular complexity index is 677. The lowest BCUT2D eigenvalue weighted by Gasteiger charge is -2.47. The molecular weight excluding hydrogens is 394 g/mol. The van der Waals surface area contributed by atoms with E-state index in [0.29, 0.717) is 39.5 Å². The third-order valence-electron chi connectivity index (χ3n) is 5.63. The Morgan fingerprint density at radius 3 is 2.48 bits per heavy atom. The van der Waals surface area contributed by atoms with Crippen molar-refractivity contribution in [3.05, 3.63) is 29.8 Å². The summed E-state index contributed by atoms with van der Waals surface area (Å²) in [6.45, 7) is 14.3. The zero-order valence-corrected chi connectivity index (χ0v) is 19.9. The van der Waals surface area contributed by atoms with Crippen molar-refractivity contribution in [1.29, 1.82) is 0 Å². The largest absolute Gasteiger partial charge is 0.389 e. The predicted molar refractivity (Wildman–Crippen MR) is 124 cm³/mol. The van der Waals surface area contributed by atoms with Crippen molar-refractivity contribution < 1.29 is 19.4 Å². The first-order valence-corrected chi connectivity index (χ1v) is 11.6. The minimum atomic E-state index is -0.749. The molecule has 2 atom stereocenters. The summed E-state index contributed by atoms with van der Waals surface area (Å²) in [5.74, 6) is 0. The van der Waals surface area contributed by atoms with Crippen LogP contribution in [-0.4, -0.2) is 78.1 Å². The van der Waals surface area contributed by atoms with Gasteiger partial charge in [-0.25, -0.2) is 4.79 Å². The molecule has 0 saturated carbocycles. The summed E-state index contributed by atoms with van der Waals surface area (Å²) in [6.07, 6.45) is 1.81. The smallest absolute Gasteiger partial charge is 0.322 e. The molecule has 0 aromatic heterocycles. The summed E-state index contributed by atoms with van der Waals surface area (Å²) in [6, 6.07) is 8.09. The number of piperazine rings is 1. The fourth-order valence-corrected chi connectivity index (χ4v) is 4.07. The molecule has 0 aliphatic carbocycles. The molecular formula is C24H41N3O4. The number of nitrogens with one attached hydrogen (secondary N) is 1. The quantitative estimate of drug-likeness (QED) is 0.518. The monoisotopic (exact) mass is 435 g/mol. The maximum atomic E-state index is 13.1. The van der Waals surface area contributed by atoms with Crippen LogP contribution >= 0.6 is 0 Å². The molecule has 1 heterocycles. The van der Waals surface area contributed by atoms with Crippen LogP contribution in [0.2, 0.25) is 0 Å². The Hall–Kier alpha value is -1.67. The maximum absolute atomic E-state index is 13.1. The number of ether oxygens (including phenoxy) is 2. The van der Waals surface area contributed by atoms with E-state index in [9.17, 15) is 9.90 Å². The summed E-state index contributed by atoms with van der Waals surface area (Å²) in [5.41, 5.74) is 1.04. The average Bonchev–Trinajstić information content (AvgIpc) is 2.72. The number of urea groups is 1. The lowest BCUT2D eigenvalue weighted by molar-refractivity contribution is -0.0173. The Balaban J connectivity index is 1.98. The van der Waals surface area contributed by atoms with E-state index >= 15 is 0 Å². The highest BCUT2D eigenvalue weighted by atomic mass is 16.5. The lowest BCUT2D eigenvalue weighted by Crippen LogP contribution is -2.62. The Morgan fingerprint density at radius 1 is 1.13 bits per heavy atom. The van der Waals surface area contributed by atoms with Crippen molar-refractivity contribution in [3.63, 3.8) is 0 Å². The van der Waals surface area contributed by atoms with Gasteiger partial charge >= 0.3 is 6.03 Å². The summed E-state index contributed by atoms with van der Waals surface area (Å²) in [5, 5.41) is 13.4. The Morgan fingerprint density at radius 2 is 1.84 bits per heavy atom. The number of hydrogen-bond acceptors (Lipinski definition) is 5. The minimum absolute atomic E-state index is 0.0670. The van der Waals surface area contributed by atoms with Gasteiger partial charge in [0.2, 0.25) is 0 Å². The van der Waals surface area contributed by atoms with Gasteiger partial charge in [-0.2, -0.15) is 0 Å². The van der Waals surface area contributed by atoms with Crippen LogP contribution in [0.25, 0.3) is 0 Å². The van der Waals surface area contributed by atoms with Gasteiger partial charge < -0.3 is 24.8 Å². The van der Waals surface area contributed by atoms with Crippen molar-refractivity contribution in [3.8, 4) is 0 Å². The fraction of sp³-hybridized carbons (Fsp3) is 0.708. The molecule has 0 radical (unpaired) electrons. The Kier molecular flexibility index (Phi) is 10.2. The molecule has 2 rings (SSSR count). The number of amides is 2. The van der Waals surface area contributed by atoms with Crippen molar-refractivity contribution in [2.45, 2.75) is 71.8 Å². The van der Waals surface area contributed by atoms with Gasteiger partial charge in [-0.05, 0) is 51.3 Å². The number of carbonyl (C=O) groups excluding carboxylic acids is 1. The van der Waals surface area contributed by atoms with E-state index < -0.39 is 5.60 Å². The minimum Gasteiger partial charge on any atom is -0.389 e. The van der Waals surface area contributed by atoms with Crippen LogP contribution in [-0.2, 0) is 16.1 Å². The number of benzene rings is 1. The van der Waals surface area contributed by atoms with Crippen LogP contribution in [0.1, 0.15) is 53.0 Å². The second kappa shape index (κ2) is 12.4. The molecule has 1 fully saturated rings. The highest BCUT2D eigenvalue weighted by Crippen LogP contribution is 2.23. The summed E-state index contributed by atoms with van der Waals surface area (Å²) >= 11 is 0. The highest BCUT2D eigenvalue weighted by molar-refractivity contribution is 5.89. The van der Waals surface area contributed by atoms with Gasteiger partial charge in [-0.15, -0.1) is 0 Å². The molecule has 1 aromatic carbocycles. The van der Waals surface area contributed by atoms with E-state index in [1.54, 1.807) is 0 Å². The number of hydrogen-bond donors (Lipinski definition) is 2. The molecule has 1 aliphatic rings. The normalized spacial score (nSPS) is 20.1. The predicted octanol–water partition coefficient (Wildman–Crippen LogP) is 3.72. The van der Waals surface area contributed by atoms with Crippen molar-refractivity contribution in [1.82, 2.24) is 9.80 Å². The molecule has 0 spiro atoms. The zero-order valence-electron chi connectivity index (χ0n) is 19.9. The van der Waals surface area contributed by atoms with Crippen LogP contribution in [0, 0.1) is 0 Å². The van der Waals surface area contributed by atoms with Crippen LogP contribution in [0.3, 0.4) is 0 Å². The van der Waals surface area contributed by atoms with Crippen molar-refractivity contribution >= 4 is 11.7 Å². The summed E-state index contributed by atoms with van der Waals surface area (Å²) in [4.78, 5) is 17.4. The van der Waals surface area contributed by atoms with E-state index in [1.807, 2.05) is 49.9 Å². The average molecular weight is 436 g/mol. The van der Waals surface area contributed by atoms with Gasteiger partial charge in [-0.1, -0.05) is 26.0 Å². The summed E-state index contributed by atoms with van der Waals surface area (Å²) in [7, 11) is 0. The number of carbonyl (C=O) groups is 1. The van der Waals surface area contributed by atoms with E-state index in [2.05, 4.69) is 24.1 Å². The zero-order chi connectivity index (χ0) is 22.9. The van der Waals surface area contributed by atoms with E-state index in [4.69, 9.17) is 9.47 Å². The molecule has 7 heteroatoms. The maximum Gasteiger partial charge on any atom is 0.322 e. The molecule has 31 heavy (non-hydrogen) atoms. The third-order valence-corrected chi connectivity index (χ3v) is 5.63. The van der Waals surface area contributed by atoms with Crippen LogP contribution in [0.4, 0.5) is 10.5 Å². The molecule has 2 amide bonds. The van der Waals surface area contributed by atoms with Gasteiger partial charge in [0, 0.05) is 44.0 Å². The Labute approximate surface area is 187 Å². The van der Waals surface area contributed by atoms with E-state index in [1.165, 1.54) is 0 Å². The molecule has 2 N–H and O–H groups in total. The van der Waals surface area contributed by atoms with E-state index in [0.717, 1.165) is 30.6 Å². The number of rotatable bonds is 11. The molecule has 1 aromatic rings. The number of aliphatic hydroxyl groups is 1. The van der Waals surface area contributed by atoms with Gasteiger partial charge in [0.05, 0.1) is 25.4 Å². The summed E-state index contributed by atoms with van der Waals surface area (Å²) < 4.78 is 10.9. The molecule has 7 nitrogen and oxygen atoms in total. The third kappa shape index (κ3) is 8.41. The van der Waals surface area contributed by atoms with Crippen LogP contribution in [0.5, 0.6) is 0 Å². The highest BCUT2D eigenvalue weighted by Gasteiger charge is 2.36. The van der Waals surface area contributed by atoms with Crippen LogP contribution in [0.15, 0.2) is 24.3 Å². The van der Waals surface area contributed by atoms with Gasteiger partial charge in [0.15, 0.2) is 0 Å². The first-order chi connectivity index (χ1) is 14.8. The van der Waals surface area contributed by atoms with Crippen molar-refractivity contribution in [2.75, 3.05) is 44.8 Å². The molecule has 0 bridgehead atoms. The van der Waals surface area contributed by atoms with Gasteiger partial charge in [0.1, 0.15) is 0 Å². The standard InChI is InChI=1S/C24H41N3O4/c1-6-21-16-27(22(7-2)15-26(21)18-24(4,5)29)23(28)25-20-11-9-10-19(14-20)17-31-13-12-30-8-3/h9-11,14,21-22,29H,6-8,12-13,15-18H2,1-5H3,(H,25,28). The molecule has 2 unspecified atom stereocenters. The first kappa shape index (κ1) is 25.6. The topological polar surface area (TPSA) is 74.3 Å². The first-order valence-electron chi connectivity index (χ1n) is 11.6. The second-order valence-electron chi connectivity index (χ2n) is 8.90. The molecule has 1 aliphatic heterocycles.